The Labute approximate surface area is 108 Å². The molecule has 0 saturated carbocycles. The molecular weight excluding hydrogens is 226 g/mol. The summed E-state index contributed by atoms with van der Waals surface area (Å²) in [7, 11) is 3.82. The zero-order chi connectivity index (χ0) is 13.1. The number of benzene rings is 1. The van der Waals surface area contributed by atoms with Crippen LogP contribution in [-0.2, 0) is 13.7 Å². The van der Waals surface area contributed by atoms with Crippen molar-refractivity contribution in [2.45, 2.75) is 20.5 Å². The first kappa shape index (κ1) is 12.5. The molecule has 1 aromatic heterocycles. The first-order valence-electron chi connectivity index (χ1n) is 6.01. The minimum Gasteiger partial charge on any atom is -0.489 e. The number of ether oxygens (including phenoxy) is 1. The Balaban J connectivity index is 2.12. The van der Waals surface area contributed by atoms with Gasteiger partial charge in [0, 0.05) is 14.1 Å². The van der Waals surface area contributed by atoms with Crippen molar-refractivity contribution in [3.05, 3.63) is 41.1 Å². The lowest BCUT2D eigenvalue weighted by Crippen LogP contribution is -2.03. The zero-order valence-electron chi connectivity index (χ0n) is 11.3. The van der Waals surface area contributed by atoms with Gasteiger partial charge >= 0.3 is 0 Å². The smallest absolute Gasteiger partial charge is 0.130 e. The van der Waals surface area contributed by atoms with Crippen LogP contribution in [0.15, 0.2) is 24.3 Å². The SMILES string of the molecule is CNc1c(COc2ccc(C)cc2)c(C)nn1C. The predicted octanol–water partition coefficient (Wildman–Crippen LogP) is 2.66. The summed E-state index contributed by atoms with van der Waals surface area (Å²) in [5.41, 5.74) is 3.32. The highest BCUT2D eigenvalue weighted by molar-refractivity contribution is 5.46. The van der Waals surface area contributed by atoms with E-state index in [1.54, 1.807) is 0 Å². The first-order chi connectivity index (χ1) is 8.61. The van der Waals surface area contributed by atoms with Crippen molar-refractivity contribution >= 4 is 5.82 Å². The van der Waals surface area contributed by atoms with E-state index < -0.39 is 0 Å². The number of aryl methyl sites for hydroxylation is 3. The van der Waals surface area contributed by atoms with Crippen LogP contribution in [-0.4, -0.2) is 16.8 Å². The second kappa shape index (κ2) is 5.12. The van der Waals surface area contributed by atoms with Crippen molar-refractivity contribution in [1.29, 1.82) is 0 Å². The van der Waals surface area contributed by atoms with Gasteiger partial charge in [0.05, 0.1) is 11.3 Å². The second-order valence-corrected chi connectivity index (χ2v) is 4.39. The van der Waals surface area contributed by atoms with Crippen molar-refractivity contribution in [3.8, 4) is 5.75 Å². The quantitative estimate of drug-likeness (QED) is 0.900. The molecule has 2 rings (SSSR count). The van der Waals surface area contributed by atoms with Crippen LogP contribution in [0.2, 0.25) is 0 Å². The Hall–Kier alpha value is -1.97. The Kier molecular flexibility index (Phi) is 3.55. The Morgan fingerprint density at radius 1 is 1.22 bits per heavy atom. The number of aromatic nitrogens is 2. The molecule has 0 radical (unpaired) electrons. The molecule has 2 aromatic rings. The number of anilines is 1. The lowest BCUT2D eigenvalue weighted by Gasteiger charge is -2.08. The first-order valence-corrected chi connectivity index (χ1v) is 6.01. The molecule has 0 fully saturated rings. The largest absolute Gasteiger partial charge is 0.489 e. The molecule has 4 heteroatoms. The van der Waals surface area contributed by atoms with Crippen LogP contribution >= 0.6 is 0 Å². The van der Waals surface area contributed by atoms with E-state index in [4.69, 9.17) is 4.74 Å². The summed E-state index contributed by atoms with van der Waals surface area (Å²) in [5, 5.41) is 7.53. The molecule has 0 aliphatic heterocycles. The van der Waals surface area contributed by atoms with E-state index in [1.807, 2.05) is 50.0 Å². The maximum atomic E-state index is 5.79. The third-order valence-corrected chi connectivity index (χ3v) is 2.99. The van der Waals surface area contributed by atoms with Crippen LogP contribution < -0.4 is 10.1 Å². The maximum absolute atomic E-state index is 5.79. The normalized spacial score (nSPS) is 10.4. The Bertz CT molecular complexity index is 529. The Morgan fingerprint density at radius 3 is 2.50 bits per heavy atom. The van der Waals surface area contributed by atoms with Crippen LogP contribution in [0.4, 0.5) is 5.82 Å². The van der Waals surface area contributed by atoms with Crippen molar-refractivity contribution < 1.29 is 4.74 Å². The topological polar surface area (TPSA) is 39.1 Å². The fraction of sp³-hybridized carbons (Fsp3) is 0.357. The van der Waals surface area contributed by atoms with E-state index in [9.17, 15) is 0 Å². The molecule has 0 atom stereocenters. The summed E-state index contributed by atoms with van der Waals surface area (Å²) in [6, 6.07) is 8.06. The fourth-order valence-corrected chi connectivity index (χ4v) is 1.98. The highest BCUT2D eigenvalue weighted by atomic mass is 16.5. The summed E-state index contributed by atoms with van der Waals surface area (Å²) in [6.45, 7) is 4.59. The minimum atomic E-state index is 0.527. The number of hydrogen-bond donors (Lipinski definition) is 1. The highest BCUT2D eigenvalue weighted by Gasteiger charge is 2.12. The highest BCUT2D eigenvalue weighted by Crippen LogP contribution is 2.21. The van der Waals surface area contributed by atoms with Gasteiger partial charge in [-0.05, 0) is 26.0 Å². The number of nitrogens with zero attached hydrogens (tertiary/aromatic N) is 2. The van der Waals surface area contributed by atoms with Crippen molar-refractivity contribution in [1.82, 2.24) is 9.78 Å². The average Bonchev–Trinajstić information content (AvgIpc) is 2.62. The van der Waals surface area contributed by atoms with Gasteiger partial charge < -0.3 is 10.1 Å². The van der Waals surface area contributed by atoms with Gasteiger partial charge in [0.25, 0.3) is 0 Å². The molecule has 0 saturated heterocycles. The molecular formula is C14H19N3O. The van der Waals surface area contributed by atoms with Crippen LogP contribution in [0, 0.1) is 13.8 Å². The van der Waals surface area contributed by atoms with E-state index in [-0.39, 0.29) is 0 Å². The van der Waals surface area contributed by atoms with Gasteiger partial charge in [-0.2, -0.15) is 5.10 Å². The summed E-state index contributed by atoms with van der Waals surface area (Å²) >= 11 is 0. The standard InChI is InChI=1S/C14H19N3O/c1-10-5-7-12(8-6-10)18-9-13-11(2)16-17(4)14(13)15-3/h5-8,15H,9H2,1-4H3. The predicted molar refractivity (Wildman–Crippen MR) is 73.0 cm³/mol. The van der Waals surface area contributed by atoms with Gasteiger partial charge in [-0.15, -0.1) is 0 Å². The molecule has 1 N–H and O–H groups in total. The number of hydrogen-bond acceptors (Lipinski definition) is 3. The lowest BCUT2D eigenvalue weighted by atomic mass is 10.2. The summed E-state index contributed by atoms with van der Waals surface area (Å²) in [5.74, 6) is 1.88. The lowest BCUT2D eigenvalue weighted by molar-refractivity contribution is 0.306. The van der Waals surface area contributed by atoms with Gasteiger partial charge in [-0.3, -0.25) is 4.68 Å². The fourth-order valence-electron chi connectivity index (χ4n) is 1.98. The van der Waals surface area contributed by atoms with Crippen LogP contribution in [0.3, 0.4) is 0 Å². The monoisotopic (exact) mass is 245 g/mol. The molecule has 1 aromatic carbocycles. The van der Waals surface area contributed by atoms with Crippen LogP contribution in [0.25, 0.3) is 0 Å². The molecule has 0 bridgehead atoms. The van der Waals surface area contributed by atoms with Gasteiger partial charge in [0.2, 0.25) is 0 Å². The van der Waals surface area contributed by atoms with E-state index in [0.717, 1.165) is 22.8 Å². The molecule has 1 heterocycles. The third-order valence-electron chi connectivity index (χ3n) is 2.99. The van der Waals surface area contributed by atoms with Crippen molar-refractivity contribution in [3.63, 3.8) is 0 Å². The summed E-state index contributed by atoms with van der Waals surface area (Å²) in [4.78, 5) is 0. The van der Waals surface area contributed by atoms with Crippen LogP contribution in [0.5, 0.6) is 5.75 Å². The molecule has 0 aliphatic carbocycles. The van der Waals surface area contributed by atoms with Gasteiger partial charge in [0.15, 0.2) is 0 Å². The third kappa shape index (κ3) is 2.47. The maximum Gasteiger partial charge on any atom is 0.130 e. The Morgan fingerprint density at radius 2 is 1.89 bits per heavy atom. The van der Waals surface area contributed by atoms with Crippen molar-refractivity contribution in [2.24, 2.45) is 7.05 Å². The molecule has 0 spiro atoms. The zero-order valence-corrected chi connectivity index (χ0v) is 11.3. The molecule has 96 valence electrons. The summed E-state index contributed by atoms with van der Waals surface area (Å²) in [6.07, 6.45) is 0. The molecule has 4 nitrogen and oxygen atoms in total. The second-order valence-electron chi connectivity index (χ2n) is 4.39. The van der Waals surface area contributed by atoms with Crippen LogP contribution in [0.1, 0.15) is 16.8 Å². The molecule has 0 unspecified atom stereocenters. The van der Waals surface area contributed by atoms with E-state index in [2.05, 4.69) is 17.3 Å². The average molecular weight is 245 g/mol. The van der Waals surface area contributed by atoms with Gasteiger partial charge in [-0.25, -0.2) is 0 Å². The van der Waals surface area contributed by atoms with E-state index in [1.165, 1.54) is 5.56 Å². The van der Waals surface area contributed by atoms with E-state index in [0.29, 0.717) is 6.61 Å². The molecule has 0 amide bonds. The molecule has 18 heavy (non-hydrogen) atoms. The number of nitrogens with one attached hydrogen (secondary N) is 1. The number of rotatable bonds is 4. The van der Waals surface area contributed by atoms with Crippen molar-refractivity contribution in [2.75, 3.05) is 12.4 Å². The summed E-state index contributed by atoms with van der Waals surface area (Å²) < 4.78 is 7.63. The van der Waals surface area contributed by atoms with Gasteiger partial charge in [-0.1, -0.05) is 17.7 Å². The minimum absolute atomic E-state index is 0.527. The van der Waals surface area contributed by atoms with E-state index >= 15 is 0 Å². The van der Waals surface area contributed by atoms with Gasteiger partial charge in [0.1, 0.15) is 18.2 Å². The molecule has 0 aliphatic rings.